The fraction of sp³-hybridized carbons (Fsp3) is 0. The first-order valence-electron chi connectivity index (χ1n) is 4.99. The molecule has 1 saturated heterocycles. The van der Waals surface area contributed by atoms with E-state index in [1.165, 1.54) is 11.8 Å². The van der Waals surface area contributed by atoms with Crippen molar-refractivity contribution in [1.29, 1.82) is 16.2 Å². The summed E-state index contributed by atoms with van der Waals surface area (Å²) in [7, 11) is 0. The first kappa shape index (κ1) is 10.1. The smallest absolute Gasteiger partial charge is 0.164 e. The van der Waals surface area contributed by atoms with Crippen LogP contribution >= 0.6 is 11.8 Å². The van der Waals surface area contributed by atoms with Gasteiger partial charge in [-0.25, -0.2) is 0 Å². The number of benzene rings is 1. The third-order valence-corrected chi connectivity index (χ3v) is 3.53. The molecule has 6 heteroatoms. The predicted molar refractivity (Wildman–Crippen MR) is 69.5 cm³/mol. The molecule has 5 nitrogen and oxygen atoms in total. The lowest BCUT2D eigenvalue weighted by Gasteiger charge is -2.03. The van der Waals surface area contributed by atoms with Crippen LogP contribution in [0.5, 0.6) is 0 Å². The van der Waals surface area contributed by atoms with Gasteiger partial charge in [0.25, 0.3) is 0 Å². The summed E-state index contributed by atoms with van der Waals surface area (Å²) in [6.07, 6.45) is 0. The third-order valence-electron chi connectivity index (χ3n) is 2.61. The van der Waals surface area contributed by atoms with E-state index >= 15 is 0 Å². The van der Waals surface area contributed by atoms with Crippen molar-refractivity contribution in [2.45, 2.75) is 0 Å². The van der Waals surface area contributed by atoms with E-state index < -0.39 is 0 Å². The van der Waals surface area contributed by atoms with E-state index in [0.717, 1.165) is 16.8 Å². The molecule has 1 aromatic rings. The van der Waals surface area contributed by atoms with E-state index in [1.54, 1.807) is 0 Å². The molecule has 0 amide bonds. The largest absolute Gasteiger partial charge is 0.339 e. The summed E-state index contributed by atoms with van der Waals surface area (Å²) in [5.74, 6) is 0.557. The molecule has 17 heavy (non-hydrogen) atoms. The molecule has 2 aliphatic heterocycles. The molecule has 1 fully saturated rings. The van der Waals surface area contributed by atoms with Crippen LogP contribution in [0, 0.1) is 16.2 Å². The molecule has 0 bridgehead atoms. The summed E-state index contributed by atoms with van der Waals surface area (Å²) < 4.78 is 0. The van der Waals surface area contributed by atoms with Crippen molar-refractivity contribution in [1.82, 2.24) is 10.6 Å². The van der Waals surface area contributed by atoms with Gasteiger partial charge in [0.1, 0.15) is 11.7 Å². The lowest BCUT2D eigenvalue weighted by Crippen LogP contribution is -2.20. The van der Waals surface area contributed by atoms with Gasteiger partial charge in [-0.1, -0.05) is 24.3 Å². The summed E-state index contributed by atoms with van der Waals surface area (Å²) in [6.45, 7) is 0. The zero-order chi connectivity index (χ0) is 12.0. The maximum Gasteiger partial charge on any atom is 0.164 e. The fourth-order valence-electron chi connectivity index (χ4n) is 1.88. The van der Waals surface area contributed by atoms with Crippen molar-refractivity contribution in [3.05, 3.63) is 40.3 Å². The van der Waals surface area contributed by atoms with Crippen LogP contribution in [0.1, 0.15) is 11.1 Å². The van der Waals surface area contributed by atoms with Crippen LogP contribution in [0.25, 0.3) is 5.70 Å². The minimum atomic E-state index is 0.215. The molecule has 0 aromatic heterocycles. The second-order valence-electron chi connectivity index (χ2n) is 3.68. The SMILES string of the molecule is N=C1NC(=N)/C(=C2\NC(=N)c3ccccc32)S1. The molecule has 84 valence electrons. The Hall–Kier alpha value is -2.08. The second kappa shape index (κ2) is 3.46. The number of hydrogen-bond donors (Lipinski definition) is 5. The zero-order valence-corrected chi connectivity index (χ0v) is 9.53. The topological polar surface area (TPSA) is 95.6 Å². The van der Waals surface area contributed by atoms with E-state index in [0.29, 0.717) is 10.7 Å². The molecule has 0 aliphatic carbocycles. The van der Waals surface area contributed by atoms with Crippen molar-refractivity contribution in [2.24, 2.45) is 0 Å². The maximum absolute atomic E-state index is 7.84. The highest BCUT2D eigenvalue weighted by atomic mass is 32.2. The molecule has 1 aromatic carbocycles. The van der Waals surface area contributed by atoms with Crippen LogP contribution < -0.4 is 10.6 Å². The van der Waals surface area contributed by atoms with Crippen LogP contribution in [0.3, 0.4) is 0 Å². The molecular weight excluding hydrogens is 234 g/mol. The lowest BCUT2D eigenvalue weighted by molar-refractivity contribution is 1.28. The Kier molecular flexibility index (Phi) is 2.05. The highest BCUT2D eigenvalue weighted by molar-refractivity contribution is 8.18. The van der Waals surface area contributed by atoms with Gasteiger partial charge in [-0.05, 0) is 11.8 Å². The van der Waals surface area contributed by atoms with E-state index in [4.69, 9.17) is 16.2 Å². The summed E-state index contributed by atoms with van der Waals surface area (Å²) in [5.41, 5.74) is 2.50. The molecule has 0 atom stereocenters. The van der Waals surface area contributed by atoms with Gasteiger partial charge < -0.3 is 10.6 Å². The Bertz CT molecular complexity index is 602. The molecule has 2 heterocycles. The highest BCUT2D eigenvalue weighted by Gasteiger charge is 2.29. The third kappa shape index (κ3) is 1.45. The van der Waals surface area contributed by atoms with Crippen LogP contribution in [0.15, 0.2) is 29.2 Å². The maximum atomic E-state index is 7.84. The van der Waals surface area contributed by atoms with E-state index in [1.807, 2.05) is 24.3 Å². The monoisotopic (exact) mass is 243 g/mol. The molecule has 5 N–H and O–H groups in total. The second-order valence-corrected chi connectivity index (χ2v) is 4.70. The van der Waals surface area contributed by atoms with Gasteiger partial charge in [0.05, 0.1) is 10.6 Å². The molecule has 0 spiro atoms. The molecule has 0 saturated carbocycles. The average Bonchev–Trinajstić information content (AvgIpc) is 2.80. The van der Waals surface area contributed by atoms with Crippen molar-refractivity contribution in [3.8, 4) is 0 Å². The Balaban J connectivity index is 2.19. The van der Waals surface area contributed by atoms with Crippen LogP contribution in [-0.4, -0.2) is 16.8 Å². The Labute approximate surface area is 102 Å². The van der Waals surface area contributed by atoms with Gasteiger partial charge in [0.2, 0.25) is 0 Å². The van der Waals surface area contributed by atoms with Crippen LogP contribution in [-0.2, 0) is 0 Å². The number of thioether (sulfide) groups is 1. The Morgan fingerprint density at radius 2 is 1.59 bits per heavy atom. The predicted octanol–water partition coefficient (Wildman–Crippen LogP) is 1.53. The van der Waals surface area contributed by atoms with E-state index in [2.05, 4.69) is 10.6 Å². The number of amidine groups is 3. The first-order chi connectivity index (χ1) is 8.16. The minimum absolute atomic E-state index is 0.215. The fourth-order valence-corrected chi connectivity index (χ4v) is 2.66. The highest BCUT2D eigenvalue weighted by Crippen LogP contribution is 2.34. The summed E-state index contributed by atoms with van der Waals surface area (Å²) in [5, 5.41) is 29.0. The van der Waals surface area contributed by atoms with Crippen molar-refractivity contribution >= 4 is 34.3 Å². The standard InChI is InChI=1S/C11H9N5S/c12-9-6-4-2-1-3-5(6)7(15-9)8-10(13)16-11(14)17-8/h1-4H,(H2,12,15)(H3,13,14,16)/b8-7+. The number of fused-ring (bicyclic) bond motifs is 1. The Morgan fingerprint density at radius 1 is 0.882 bits per heavy atom. The number of nitrogens with one attached hydrogen (secondary N) is 5. The number of hydrogen-bond acceptors (Lipinski definition) is 4. The van der Waals surface area contributed by atoms with Gasteiger partial charge in [-0.3, -0.25) is 16.2 Å². The van der Waals surface area contributed by atoms with E-state index in [-0.39, 0.29) is 11.0 Å². The normalized spacial score (nSPS) is 22.5. The van der Waals surface area contributed by atoms with Gasteiger partial charge in [-0.15, -0.1) is 0 Å². The van der Waals surface area contributed by atoms with Gasteiger partial charge in [0, 0.05) is 11.1 Å². The van der Waals surface area contributed by atoms with Crippen molar-refractivity contribution in [2.75, 3.05) is 0 Å². The van der Waals surface area contributed by atoms with Crippen LogP contribution in [0.2, 0.25) is 0 Å². The van der Waals surface area contributed by atoms with Gasteiger partial charge in [0.15, 0.2) is 5.17 Å². The quantitative estimate of drug-likeness (QED) is 0.478. The number of rotatable bonds is 0. The minimum Gasteiger partial charge on any atom is -0.339 e. The molecule has 2 aliphatic rings. The van der Waals surface area contributed by atoms with Crippen LogP contribution in [0.4, 0.5) is 0 Å². The summed E-state index contributed by atoms with van der Waals surface area (Å²) in [6, 6.07) is 7.58. The lowest BCUT2D eigenvalue weighted by atomic mass is 10.1. The molecule has 3 rings (SSSR count). The van der Waals surface area contributed by atoms with Gasteiger partial charge in [-0.2, -0.15) is 0 Å². The van der Waals surface area contributed by atoms with E-state index in [9.17, 15) is 0 Å². The van der Waals surface area contributed by atoms with Gasteiger partial charge >= 0.3 is 0 Å². The zero-order valence-electron chi connectivity index (χ0n) is 8.72. The van der Waals surface area contributed by atoms with Crippen molar-refractivity contribution < 1.29 is 0 Å². The summed E-state index contributed by atoms with van der Waals surface area (Å²) in [4.78, 5) is 0.671. The Morgan fingerprint density at radius 3 is 2.24 bits per heavy atom. The first-order valence-corrected chi connectivity index (χ1v) is 5.80. The summed E-state index contributed by atoms with van der Waals surface area (Å²) >= 11 is 1.20. The van der Waals surface area contributed by atoms with Crippen molar-refractivity contribution in [3.63, 3.8) is 0 Å². The molecular formula is C11H9N5S. The molecule has 0 unspecified atom stereocenters. The average molecular weight is 243 g/mol. The molecule has 0 radical (unpaired) electrons.